The average molecular weight is 210 g/mol. The molecular formula is C12H18O3. The molecule has 0 saturated carbocycles. The zero-order valence-electron chi connectivity index (χ0n) is 9.58. The second-order valence-electron chi connectivity index (χ2n) is 3.08. The molecule has 3 heteroatoms. The highest BCUT2D eigenvalue weighted by atomic mass is 16.5. The molecule has 0 spiro atoms. The Hall–Kier alpha value is -1.22. The summed E-state index contributed by atoms with van der Waals surface area (Å²) >= 11 is 0. The van der Waals surface area contributed by atoms with E-state index in [0.717, 1.165) is 17.1 Å². The van der Waals surface area contributed by atoms with Crippen LogP contribution in [0.4, 0.5) is 0 Å². The number of ether oxygens (including phenoxy) is 3. The van der Waals surface area contributed by atoms with E-state index in [2.05, 4.69) is 0 Å². The second-order valence-corrected chi connectivity index (χ2v) is 3.08. The molecule has 0 fully saturated rings. The van der Waals surface area contributed by atoms with Gasteiger partial charge >= 0.3 is 0 Å². The Balaban J connectivity index is 2.87. The van der Waals surface area contributed by atoms with Gasteiger partial charge in [0.1, 0.15) is 0 Å². The normalized spacial score (nSPS) is 10.1. The lowest BCUT2D eigenvalue weighted by Gasteiger charge is -2.11. The van der Waals surface area contributed by atoms with E-state index < -0.39 is 0 Å². The van der Waals surface area contributed by atoms with Crippen LogP contribution in [0.3, 0.4) is 0 Å². The van der Waals surface area contributed by atoms with Crippen molar-refractivity contribution in [2.24, 2.45) is 0 Å². The van der Waals surface area contributed by atoms with Gasteiger partial charge in [-0.1, -0.05) is 6.07 Å². The van der Waals surface area contributed by atoms with E-state index in [4.69, 9.17) is 14.2 Å². The summed E-state index contributed by atoms with van der Waals surface area (Å²) in [5.41, 5.74) is 1.09. The number of benzene rings is 1. The van der Waals surface area contributed by atoms with Gasteiger partial charge in [-0.05, 0) is 31.5 Å². The highest BCUT2D eigenvalue weighted by Gasteiger charge is 2.05. The number of rotatable bonds is 6. The van der Waals surface area contributed by atoms with E-state index in [9.17, 15) is 0 Å². The molecular weight excluding hydrogens is 192 g/mol. The maximum Gasteiger partial charge on any atom is 0.161 e. The van der Waals surface area contributed by atoms with Gasteiger partial charge in [0, 0.05) is 7.11 Å². The first-order chi connectivity index (χ1) is 7.31. The van der Waals surface area contributed by atoms with Crippen molar-refractivity contribution >= 4 is 0 Å². The van der Waals surface area contributed by atoms with Gasteiger partial charge in [0.15, 0.2) is 11.5 Å². The summed E-state index contributed by atoms with van der Waals surface area (Å²) < 4.78 is 16.0. The van der Waals surface area contributed by atoms with Crippen LogP contribution in [0.5, 0.6) is 11.5 Å². The first-order valence-corrected chi connectivity index (χ1v) is 5.19. The number of hydrogen-bond acceptors (Lipinski definition) is 3. The molecule has 0 atom stereocenters. The molecule has 0 aliphatic rings. The SMILES string of the molecule is CCOc1ccc(COC)cc1OCC. The molecule has 3 nitrogen and oxygen atoms in total. The molecule has 0 unspecified atom stereocenters. The van der Waals surface area contributed by atoms with Gasteiger partial charge < -0.3 is 14.2 Å². The lowest BCUT2D eigenvalue weighted by molar-refractivity contribution is 0.184. The lowest BCUT2D eigenvalue weighted by Crippen LogP contribution is -1.99. The topological polar surface area (TPSA) is 27.7 Å². The van der Waals surface area contributed by atoms with E-state index in [1.807, 2.05) is 32.0 Å². The van der Waals surface area contributed by atoms with Crippen LogP contribution >= 0.6 is 0 Å². The van der Waals surface area contributed by atoms with Gasteiger partial charge in [-0.15, -0.1) is 0 Å². The Morgan fingerprint density at radius 1 is 1.00 bits per heavy atom. The summed E-state index contributed by atoms with van der Waals surface area (Å²) in [6.45, 7) is 5.78. The smallest absolute Gasteiger partial charge is 0.161 e. The molecule has 0 aliphatic carbocycles. The second kappa shape index (κ2) is 6.30. The third-order valence-electron chi connectivity index (χ3n) is 1.92. The van der Waals surface area contributed by atoms with Crippen molar-refractivity contribution in [1.82, 2.24) is 0 Å². The van der Waals surface area contributed by atoms with Crippen molar-refractivity contribution in [3.63, 3.8) is 0 Å². The van der Waals surface area contributed by atoms with Crippen LogP contribution in [0.15, 0.2) is 18.2 Å². The fraction of sp³-hybridized carbons (Fsp3) is 0.500. The summed E-state index contributed by atoms with van der Waals surface area (Å²) in [5, 5.41) is 0. The minimum absolute atomic E-state index is 0.590. The first-order valence-electron chi connectivity index (χ1n) is 5.19. The van der Waals surface area contributed by atoms with Crippen LogP contribution in [0.1, 0.15) is 19.4 Å². The van der Waals surface area contributed by atoms with Crippen molar-refractivity contribution in [1.29, 1.82) is 0 Å². The molecule has 15 heavy (non-hydrogen) atoms. The number of methoxy groups -OCH3 is 1. The number of hydrogen-bond donors (Lipinski definition) is 0. The fourth-order valence-corrected chi connectivity index (χ4v) is 1.35. The molecule has 0 saturated heterocycles. The molecule has 0 heterocycles. The van der Waals surface area contributed by atoms with E-state index >= 15 is 0 Å². The van der Waals surface area contributed by atoms with Crippen molar-refractivity contribution in [2.75, 3.05) is 20.3 Å². The molecule has 0 radical (unpaired) electrons. The van der Waals surface area contributed by atoms with Crippen molar-refractivity contribution < 1.29 is 14.2 Å². The average Bonchev–Trinajstić information content (AvgIpc) is 2.23. The van der Waals surface area contributed by atoms with E-state index in [0.29, 0.717) is 19.8 Å². The molecule has 0 N–H and O–H groups in total. The van der Waals surface area contributed by atoms with Crippen LogP contribution in [-0.4, -0.2) is 20.3 Å². The van der Waals surface area contributed by atoms with Crippen molar-refractivity contribution in [2.45, 2.75) is 20.5 Å². The Kier molecular flexibility index (Phi) is 4.98. The molecule has 1 rings (SSSR count). The minimum Gasteiger partial charge on any atom is -0.490 e. The molecule has 1 aromatic rings. The van der Waals surface area contributed by atoms with Crippen molar-refractivity contribution in [3.05, 3.63) is 23.8 Å². The Bertz CT molecular complexity index is 297. The van der Waals surface area contributed by atoms with Gasteiger partial charge in [0.25, 0.3) is 0 Å². The summed E-state index contributed by atoms with van der Waals surface area (Å²) in [7, 11) is 1.68. The minimum atomic E-state index is 0.590. The summed E-state index contributed by atoms with van der Waals surface area (Å²) in [5.74, 6) is 1.58. The zero-order chi connectivity index (χ0) is 11.1. The molecule has 84 valence electrons. The molecule has 0 amide bonds. The largest absolute Gasteiger partial charge is 0.490 e. The maximum atomic E-state index is 5.50. The fourth-order valence-electron chi connectivity index (χ4n) is 1.35. The Morgan fingerprint density at radius 3 is 2.27 bits per heavy atom. The zero-order valence-corrected chi connectivity index (χ0v) is 9.58. The highest BCUT2D eigenvalue weighted by Crippen LogP contribution is 2.28. The third-order valence-corrected chi connectivity index (χ3v) is 1.92. The third kappa shape index (κ3) is 3.44. The Morgan fingerprint density at radius 2 is 1.67 bits per heavy atom. The van der Waals surface area contributed by atoms with Crippen LogP contribution in [0.2, 0.25) is 0 Å². The first kappa shape index (κ1) is 11.9. The molecule has 0 aliphatic heterocycles. The maximum absolute atomic E-state index is 5.50. The quantitative estimate of drug-likeness (QED) is 0.722. The van der Waals surface area contributed by atoms with Gasteiger partial charge in [-0.2, -0.15) is 0 Å². The lowest BCUT2D eigenvalue weighted by atomic mass is 10.2. The van der Waals surface area contributed by atoms with E-state index in [1.165, 1.54) is 0 Å². The highest BCUT2D eigenvalue weighted by molar-refractivity contribution is 5.42. The van der Waals surface area contributed by atoms with Crippen LogP contribution in [0.25, 0.3) is 0 Å². The standard InChI is InChI=1S/C12H18O3/c1-4-14-11-7-6-10(9-13-3)8-12(11)15-5-2/h6-8H,4-5,9H2,1-3H3. The molecule has 0 aromatic heterocycles. The van der Waals surface area contributed by atoms with Gasteiger partial charge in [0.2, 0.25) is 0 Å². The van der Waals surface area contributed by atoms with Crippen LogP contribution < -0.4 is 9.47 Å². The summed E-state index contributed by atoms with van der Waals surface area (Å²) in [4.78, 5) is 0. The molecule has 0 bridgehead atoms. The van der Waals surface area contributed by atoms with Gasteiger partial charge in [0.05, 0.1) is 19.8 Å². The molecule has 1 aromatic carbocycles. The van der Waals surface area contributed by atoms with E-state index in [1.54, 1.807) is 7.11 Å². The Labute approximate surface area is 91.0 Å². The van der Waals surface area contributed by atoms with Crippen molar-refractivity contribution in [3.8, 4) is 11.5 Å². The summed E-state index contributed by atoms with van der Waals surface area (Å²) in [6, 6.07) is 5.86. The van der Waals surface area contributed by atoms with Gasteiger partial charge in [-0.25, -0.2) is 0 Å². The predicted octanol–water partition coefficient (Wildman–Crippen LogP) is 2.63. The van der Waals surface area contributed by atoms with E-state index in [-0.39, 0.29) is 0 Å². The van der Waals surface area contributed by atoms with Gasteiger partial charge in [-0.3, -0.25) is 0 Å². The van der Waals surface area contributed by atoms with Crippen LogP contribution in [-0.2, 0) is 11.3 Å². The van der Waals surface area contributed by atoms with Crippen LogP contribution in [0, 0.1) is 0 Å². The predicted molar refractivity (Wildman–Crippen MR) is 59.5 cm³/mol. The monoisotopic (exact) mass is 210 g/mol. The summed E-state index contributed by atoms with van der Waals surface area (Å²) in [6.07, 6.45) is 0.